The molecule has 0 saturated heterocycles. The quantitative estimate of drug-likeness (QED) is 0.443. The van der Waals surface area contributed by atoms with Gasteiger partial charge in [0.2, 0.25) is 5.91 Å². The fourth-order valence-corrected chi connectivity index (χ4v) is 4.61. The highest BCUT2D eigenvalue weighted by Gasteiger charge is 2.23. The second-order valence-corrected chi connectivity index (χ2v) is 7.84. The van der Waals surface area contributed by atoms with Crippen molar-refractivity contribution < 1.29 is 19.1 Å². The second-order valence-electron chi connectivity index (χ2n) is 5.96. The first kappa shape index (κ1) is 21.7. The number of benzene rings is 1. The molecule has 27 heavy (non-hydrogen) atoms. The molecule has 0 aliphatic heterocycles. The van der Waals surface area contributed by atoms with E-state index >= 15 is 0 Å². The van der Waals surface area contributed by atoms with Crippen LogP contribution in [0.2, 0.25) is 0 Å². The highest BCUT2D eigenvalue weighted by Crippen LogP contribution is 2.44. The lowest BCUT2D eigenvalue weighted by molar-refractivity contribution is -0.114. The van der Waals surface area contributed by atoms with Crippen molar-refractivity contribution in [2.75, 3.05) is 38.7 Å². The summed E-state index contributed by atoms with van der Waals surface area (Å²) >= 11 is 4.84. The normalized spacial score (nSPS) is 11.0. The van der Waals surface area contributed by atoms with Gasteiger partial charge in [-0.15, -0.1) is 11.3 Å². The average molecular weight is 457 g/mol. The molecule has 1 aromatic heterocycles. The number of carbonyl (C=O) groups excluding carboxylic acids is 2. The Hall–Kier alpha value is -1.64. The molecule has 8 heteroatoms. The maximum Gasteiger partial charge on any atom is 0.341 e. The Morgan fingerprint density at radius 1 is 1.26 bits per heavy atom. The maximum atomic E-state index is 12.3. The van der Waals surface area contributed by atoms with E-state index in [4.69, 9.17) is 9.47 Å². The van der Waals surface area contributed by atoms with Crippen molar-refractivity contribution in [2.24, 2.45) is 0 Å². The van der Waals surface area contributed by atoms with Crippen molar-refractivity contribution in [3.8, 4) is 5.75 Å². The van der Waals surface area contributed by atoms with E-state index in [1.54, 1.807) is 0 Å². The third-order valence-electron chi connectivity index (χ3n) is 4.20. The number of rotatable bonds is 9. The number of ether oxygens (including phenoxy) is 2. The molecule has 0 radical (unpaired) electrons. The number of thiophene rings is 1. The molecule has 6 nitrogen and oxygen atoms in total. The van der Waals surface area contributed by atoms with E-state index in [0.29, 0.717) is 28.3 Å². The number of anilines is 1. The SMILES string of the molecule is CCN(CC)CCCOc1c(Br)ccc2c(C(=O)OC)c(NC(C)=O)sc12. The van der Waals surface area contributed by atoms with Crippen LogP contribution in [-0.2, 0) is 9.53 Å². The minimum absolute atomic E-state index is 0.243. The Bertz CT molecular complexity index is 818. The fourth-order valence-electron chi connectivity index (χ4n) is 2.80. The molecular formula is C19H25BrN2O4S. The molecule has 0 unspecified atom stereocenters. The summed E-state index contributed by atoms with van der Waals surface area (Å²) in [5.41, 5.74) is 0.355. The zero-order chi connectivity index (χ0) is 20.0. The van der Waals surface area contributed by atoms with Crippen LogP contribution in [0.15, 0.2) is 16.6 Å². The van der Waals surface area contributed by atoms with Gasteiger partial charge in [0.1, 0.15) is 10.6 Å². The van der Waals surface area contributed by atoms with Crippen LogP contribution < -0.4 is 10.1 Å². The first-order chi connectivity index (χ1) is 12.9. The van der Waals surface area contributed by atoms with Crippen LogP contribution in [0, 0.1) is 0 Å². The predicted octanol–water partition coefficient (Wildman–Crippen LogP) is 4.52. The maximum absolute atomic E-state index is 12.3. The number of hydrogen-bond acceptors (Lipinski definition) is 6. The number of nitrogens with zero attached hydrogens (tertiary/aromatic N) is 1. The van der Waals surface area contributed by atoms with Crippen molar-refractivity contribution in [1.82, 2.24) is 4.90 Å². The molecule has 148 valence electrons. The third-order valence-corrected chi connectivity index (χ3v) is 5.95. The van der Waals surface area contributed by atoms with Gasteiger partial charge in [-0.25, -0.2) is 4.79 Å². The summed E-state index contributed by atoms with van der Waals surface area (Å²) in [5, 5.41) is 3.90. The summed E-state index contributed by atoms with van der Waals surface area (Å²) in [6, 6.07) is 3.68. The summed E-state index contributed by atoms with van der Waals surface area (Å²) in [5.74, 6) is -0.0499. The van der Waals surface area contributed by atoms with Crippen LogP contribution in [-0.4, -0.2) is 50.1 Å². The Morgan fingerprint density at radius 3 is 2.56 bits per heavy atom. The highest BCUT2D eigenvalue weighted by molar-refractivity contribution is 9.10. The van der Waals surface area contributed by atoms with Gasteiger partial charge in [0, 0.05) is 18.9 Å². The number of amides is 1. The molecular weight excluding hydrogens is 432 g/mol. The van der Waals surface area contributed by atoms with Crippen molar-refractivity contribution in [2.45, 2.75) is 27.2 Å². The molecule has 2 aromatic rings. The van der Waals surface area contributed by atoms with Crippen molar-refractivity contribution in [3.63, 3.8) is 0 Å². The van der Waals surface area contributed by atoms with Gasteiger partial charge in [-0.1, -0.05) is 19.9 Å². The Kier molecular flexibility index (Phi) is 8.07. The van der Waals surface area contributed by atoms with Crippen LogP contribution in [0.4, 0.5) is 5.00 Å². The van der Waals surface area contributed by atoms with Gasteiger partial charge < -0.3 is 19.7 Å². The molecule has 0 aliphatic rings. The van der Waals surface area contributed by atoms with Gasteiger partial charge in [0.05, 0.1) is 22.9 Å². The Labute approximate surface area is 171 Å². The van der Waals surface area contributed by atoms with Gasteiger partial charge in [0.25, 0.3) is 0 Å². The molecule has 0 fully saturated rings. The number of halogens is 1. The monoisotopic (exact) mass is 456 g/mol. The van der Waals surface area contributed by atoms with E-state index in [9.17, 15) is 9.59 Å². The number of carbonyl (C=O) groups is 2. The molecule has 1 amide bonds. The number of fused-ring (bicyclic) bond motifs is 1. The molecule has 0 bridgehead atoms. The lowest BCUT2D eigenvalue weighted by Gasteiger charge is -2.18. The summed E-state index contributed by atoms with van der Waals surface area (Å²) in [7, 11) is 1.33. The predicted molar refractivity (Wildman–Crippen MR) is 113 cm³/mol. The number of esters is 1. The first-order valence-corrected chi connectivity index (χ1v) is 10.5. The van der Waals surface area contributed by atoms with Crippen LogP contribution in [0.1, 0.15) is 37.6 Å². The largest absolute Gasteiger partial charge is 0.491 e. The van der Waals surface area contributed by atoms with Crippen LogP contribution in [0.5, 0.6) is 5.75 Å². The van der Waals surface area contributed by atoms with Gasteiger partial charge in [-0.3, -0.25) is 4.79 Å². The molecule has 0 atom stereocenters. The van der Waals surface area contributed by atoms with Gasteiger partial charge >= 0.3 is 5.97 Å². The summed E-state index contributed by atoms with van der Waals surface area (Å²) in [4.78, 5) is 26.1. The lowest BCUT2D eigenvalue weighted by atomic mass is 10.1. The summed E-state index contributed by atoms with van der Waals surface area (Å²) < 4.78 is 12.6. The molecule has 1 aromatic carbocycles. The number of hydrogen-bond donors (Lipinski definition) is 1. The lowest BCUT2D eigenvalue weighted by Crippen LogP contribution is -2.25. The molecule has 0 spiro atoms. The minimum atomic E-state index is -0.486. The third kappa shape index (κ3) is 5.21. The molecule has 1 N–H and O–H groups in total. The molecule has 1 heterocycles. The van der Waals surface area contributed by atoms with E-state index in [1.165, 1.54) is 25.4 Å². The van der Waals surface area contributed by atoms with Crippen molar-refractivity contribution in [3.05, 3.63) is 22.2 Å². The Morgan fingerprint density at radius 2 is 1.96 bits per heavy atom. The highest BCUT2D eigenvalue weighted by atomic mass is 79.9. The fraction of sp³-hybridized carbons (Fsp3) is 0.474. The van der Waals surface area contributed by atoms with Crippen molar-refractivity contribution in [1.29, 1.82) is 0 Å². The minimum Gasteiger partial charge on any atom is -0.491 e. The summed E-state index contributed by atoms with van der Waals surface area (Å²) in [6.07, 6.45) is 0.901. The summed E-state index contributed by atoms with van der Waals surface area (Å²) in [6.45, 7) is 9.26. The first-order valence-electron chi connectivity index (χ1n) is 8.88. The van der Waals surface area contributed by atoms with Gasteiger partial charge in [-0.05, 0) is 41.5 Å². The number of methoxy groups -OCH3 is 1. The Balaban J connectivity index is 2.33. The standard InChI is InChI=1S/C19H25BrN2O4S/c1-5-22(6-2)10-7-11-26-16-14(20)9-8-13-15(19(24)25-4)18(21-12(3)23)27-17(13)16/h8-9H,5-7,10-11H2,1-4H3,(H,21,23). The van der Waals surface area contributed by atoms with Crippen LogP contribution >= 0.6 is 27.3 Å². The number of nitrogens with one attached hydrogen (secondary N) is 1. The second kappa shape index (κ2) is 10.1. The van der Waals surface area contributed by atoms with Crippen molar-refractivity contribution >= 4 is 54.2 Å². The zero-order valence-electron chi connectivity index (χ0n) is 16.1. The smallest absolute Gasteiger partial charge is 0.341 e. The van der Waals surface area contributed by atoms with Crippen LogP contribution in [0.25, 0.3) is 10.1 Å². The average Bonchev–Trinajstić information content (AvgIpc) is 3.00. The molecule has 2 rings (SSSR count). The zero-order valence-corrected chi connectivity index (χ0v) is 18.5. The van der Waals surface area contributed by atoms with E-state index in [2.05, 4.69) is 40.0 Å². The molecule has 0 saturated carbocycles. The van der Waals surface area contributed by atoms with E-state index in [1.807, 2.05) is 12.1 Å². The van der Waals surface area contributed by atoms with Gasteiger partial charge in [0.15, 0.2) is 5.75 Å². The van der Waals surface area contributed by atoms with Crippen LogP contribution in [0.3, 0.4) is 0 Å². The van der Waals surface area contributed by atoms with Gasteiger partial charge in [-0.2, -0.15) is 0 Å². The van der Waals surface area contributed by atoms with E-state index in [0.717, 1.165) is 35.2 Å². The van der Waals surface area contributed by atoms with E-state index < -0.39 is 5.97 Å². The topological polar surface area (TPSA) is 67.9 Å². The van der Waals surface area contributed by atoms with E-state index in [-0.39, 0.29) is 5.91 Å². The molecule has 0 aliphatic carbocycles.